The number of allylic oxidation sites excluding steroid dienone is 1. The number of aliphatic imine (C=N–C) groups is 1. The summed E-state index contributed by atoms with van der Waals surface area (Å²) in [5, 5.41) is 8.55. The molecule has 0 atom stereocenters. The Morgan fingerprint density at radius 1 is 1.18 bits per heavy atom. The molecule has 1 aromatic heterocycles. The molecule has 0 saturated carbocycles. The van der Waals surface area contributed by atoms with Crippen molar-refractivity contribution in [3.8, 4) is 16.9 Å². The van der Waals surface area contributed by atoms with Gasteiger partial charge >= 0.3 is 0 Å². The van der Waals surface area contributed by atoms with Gasteiger partial charge in [0.25, 0.3) is 0 Å². The minimum atomic E-state index is -0.604. The molecule has 0 unspecified atom stereocenters. The average molecular weight is 537 g/mol. The van der Waals surface area contributed by atoms with E-state index < -0.39 is 11.6 Å². The number of likely N-dealkylation sites (N-methyl/N-ethyl adjacent to an activating group) is 1. The summed E-state index contributed by atoms with van der Waals surface area (Å²) in [4.78, 5) is 26.8. The lowest BCUT2D eigenvalue weighted by molar-refractivity contribution is -0.111. The van der Waals surface area contributed by atoms with Gasteiger partial charge in [-0.15, -0.1) is 0 Å². The molecule has 5 N–H and O–H groups in total. The van der Waals surface area contributed by atoms with Crippen LogP contribution < -0.4 is 26.4 Å². The number of nitrogens with zero attached hydrogens (tertiary/aromatic N) is 4. The van der Waals surface area contributed by atoms with E-state index in [1.54, 1.807) is 19.2 Å². The molecule has 10 nitrogen and oxygen atoms in total. The summed E-state index contributed by atoms with van der Waals surface area (Å²) in [6.07, 6.45) is 7.31. The topological polar surface area (TPSA) is 130 Å². The van der Waals surface area contributed by atoms with Crippen LogP contribution >= 0.6 is 0 Å². The maximum atomic E-state index is 14.9. The Bertz CT molecular complexity index is 1410. The third-order valence-corrected chi connectivity index (χ3v) is 5.14. The second-order valence-corrected chi connectivity index (χ2v) is 8.44. The first-order valence-electron chi connectivity index (χ1n) is 11.7. The number of halogens is 2. The first-order chi connectivity index (χ1) is 18.7. The van der Waals surface area contributed by atoms with Crippen LogP contribution in [0.5, 0.6) is 5.75 Å². The van der Waals surface area contributed by atoms with E-state index in [0.29, 0.717) is 29.1 Å². The number of hydrogen-bond acceptors (Lipinski definition) is 9. The molecule has 0 radical (unpaired) electrons. The Labute approximate surface area is 225 Å². The maximum absolute atomic E-state index is 14.9. The van der Waals surface area contributed by atoms with Gasteiger partial charge in [-0.25, -0.2) is 13.8 Å². The molecule has 0 saturated heterocycles. The molecule has 0 aliphatic rings. The number of hydrogen-bond donors (Lipinski definition) is 4. The van der Waals surface area contributed by atoms with Gasteiger partial charge in [-0.05, 0) is 50.0 Å². The van der Waals surface area contributed by atoms with Gasteiger partial charge in [0.2, 0.25) is 11.9 Å². The van der Waals surface area contributed by atoms with Crippen molar-refractivity contribution >= 4 is 35.3 Å². The van der Waals surface area contributed by atoms with Crippen molar-refractivity contribution in [1.82, 2.24) is 14.9 Å². The van der Waals surface area contributed by atoms with Crippen LogP contribution in [0.4, 0.5) is 31.9 Å². The number of methoxy groups -OCH3 is 1. The number of carbonyl (C=O) groups is 1. The Morgan fingerprint density at radius 3 is 2.67 bits per heavy atom. The number of anilines is 4. The number of rotatable bonds is 11. The monoisotopic (exact) mass is 536 g/mol. The fourth-order valence-electron chi connectivity index (χ4n) is 3.35. The van der Waals surface area contributed by atoms with Crippen molar-refractivity contribution in [2.45, 2.75) is 0 Å². The van der Waals surface area contributed by atoms with Crippen molar-refractivity contribution in [3.63, 3.8) is 0 Å². The van der Waals surface area contributed by atoms with Crippen molar-refractivity contribution in [3.05, 3.63) is 78.3 Å². The molecule has 12 heteroatoms. The molecule has 0 bridgehead atoms. The zero-order valence-corrected chi connectivity index (χ0v) is 22.0. The highest BCUT2D eigenvalue weighted by Crippen LogP contribution is 2.33. The van der Waals surface area contributed by atoms with Gasteiger partial charge in [0.1, 0.15) is 23.2 Å². The summed E-state index contributed by atoms with van der Waals surface area (Å²) in [6.45, 7) is 0.590. The van der Waals surface area contributed by atoms with Crippen molar-refractivity contribution in [2.24, 2.45) is 10.7 Å². The molecule has 0 aliphatic heterocycles. The number of ether oxygens (including phenoxy) is 1. The zero-order valence-electron chi connectivity index (χ0n) is 22.0. The van der Waals surface area contributed by atoms with Gasteiger partial charge in [-0.2, -0.15) is 4.98 Å². The molecule has 204 valence electrons. The first kappa shape index (κ1) is 28.7. The predicted molar refractivity (Wildman–Crippen MR) is 150 cm³/mol. The van der Waals surface area contributed by atoms with E-state index in [0.717, 1.165) is 0 Å². The molecule has 1 amide bonds. The fourth-order valence-corrected chi connectivity index (χ4v) is 3.35. The van der Waals surface area contributed by atoms with Crippen molar-refractivity contribution < 1.29 is 18.3 Å². The summed E-state index contributed by atoms with van der Waals surface area (Å²) in [5.74, 6) is -0.954. The van der Waals surface area contributed by atoms with Crippen LogP contribution in [-0.2, 0) is 4.79 Å². The van der Waals surface area contributed by atoms with E-state index in [1.807, 2.05) is 19.0 Å². The van der Waals surface area contributed by atoms with Gasteiger partial charge in [0, 0.05) is 55.6 Å². The average Bonchev–Trinajstić information content (AvgIpc) is 2.89. The summed E-state index contributed by atoms with van der Waals surface area (Å²) in [7, 11) is 6.76. The fraction of sp³-hybridized carbons (Fsp3) is 0.185. The Hall–Kier alpha value is -4.84. The molecule has 2 aromatic carbocycles. The normalized spacial score (nSPS) is 11.8. The summed E-state index contributed by atoms with van der Waals surface area (Å²) in [6, 6.07) is 8.18. The van der Waals surface area contributed by atoms with E-state index in [2.05, 4.69) is 30.9 Å². The summed E-state index contributed by atoms with van der Waals surface area (Å²) < 4.78 is 34.4. The van der Waals surface area contributed by atoms with Gasteiger partial charge in [0.15, 0.2) is 0 Å². The Balaban J connectivity index is 2.00. The quantitative estimate of drug-likeness (QED) is 0.213. The van der Waals surface area contributed by atoms with Crippen LogP contribution in [0, 0.1) is 11.6 Å². The minimum absolute atomic E-state index is 0.0176. The molecule has 1 heterocycles. The molecular weight excluding hydrogens is 506 g/mol. The number of carbonyl (C=O) groups excluding carboxylic acids is 1. The SMILES string of the molecule is CN=C/C(=C\N)Nc1ncc(-c2cc(F)cc(OC)c2)c(Nc2cc(NC(=O)/C=C/CN(C)C)ccc2F)n1. The molecule has 0 fully saturated rings. The van der Waals surface area contributed by atoms with Gasteiger partial charge < -0.3 is 31.3 Å². The molecule has 0 aliphatic carbocycles. The standard InChI is InChI=1S/C27H30F2N8O2/c1-31-15-20(14-30)34-27-32-16-22(17-10-18(28)12-21(11-17)39-4)26(36-27)35-24-13-19(7-8-23(24)29)33-25(38)6-5-9-37(2)3/h5-8,10-16H,9,30H2,1-4H3,(H,33,38)(H2,32,34,35,36)/b6-5+,20-14+,31-15?. The van der Waals surface area contributed by atoms with Crippen LogP contribution in [0.15, 0.2) is 71.6 Å². The third-order valence-electron chi connectivity index (χ3n) is 5.14. The van der Waals surface area contributed by atoms with E-state index in [1.165, 1.54) is 62.1 Å². The number of nitrogens with two attached hydrogens (primary N) is 1. The maximum Gasteiger partial charge on any atom is 0.248 e. The smallest absolute Gasteiger partial charge is 0.248 e. The first-order valence-corrected chi connectivity index (χ1v) is 11.7. The van der Waals surface area contributed by atoms with Crippen LogP contribution in [-0.4, -0.2) is 61.8 Å². The predicted octanol–water partition coefficient (Wildman–Crippen LogP) is 4.14. The van der Waals surface area contributed by atoms with Gasteiger partial charge in [0.05, 0.1) is 18.5 Å². The van der Waals surface area contributed by atoms with E-state index in [9.17, 15) is 13.6 Å². The third kappa shape index (κ3) is 8.33. The van der Waals surface area contributed by atoms with Gasteiger partial charge in [-0.3, -0.25) is 9.79 Å². The number of nitrogens with one attached hydrogen (secondary N) is 3. The Morgan fingerprint density at radius 2 is 1.97 bits per heavy atom. The van der Waals surface area contributed by atoms with E-state index in [-0.39, 0.29) is 29.1 Å². The number of amides is 1. The highest BCUT2D eigenvalue weighted by atomic mass is 19.1. The van der Waals surface area contributed by atoms with Gasteiger partial charge in [-0.1, -0.05) is 6.08 Å². The number of benzene rings is 2. The Kier molecular flexibility index (Phi) is 10.0. The van der Waals surface area contributed by atoms with Crippen LogP contribution in [0.2, 0.25) is 0 Å². The highest BCUT2D eigenvalue weighted by Gasteiger charge is 2.15. The van der Waals surface area contributed by atoms with Crippen LogP contribution in [0.25, 0.3) is 11.1 Å². The number of aromatic nitrogens is 2. The second-order valence-electron chi connectivity index (χ2n) is 8.44. The highest BCUT2D eigenvalue weighted by molar-refractivity contribution is 5.99. The molecular formula is C27H30F2N8O2. The zero-order chi connectivity index (χ0) is 28.4. The second kappa shape index (κ2) is 13.6. The van der Waals surface area contributed by atoms with Crippen LogP contribution in [0.3, 0.4) is 0 Å². The van der Waals surface area contributed by atoms with E-state index in [4.69, 9.17) is 10.5 Å². The lowest BCUT2D eigenvalue weighted by atomic mass is 10.1. The van der Waals surface area contributed by atoms with Crippen molar-refractivity contribution in [1.29, 1.82) is 0 Å². The summed E-state index contributed by atoms with van der Waals surface area (Å²) >= 11 is 0. The van der Waals surface area contributed by atoms with Crippen molar-refractivity contribution in [2.75, 3.05) is 50.7 Å². The lowest BCUT2D eigenvalue weighted by Crippen LogP contribution is -2.13. The minimum Gasteiger partial charge on any atom is -0.497 e. The largest absolute Gasteiger partial charge is 0.497 e. The molecule has 3 rings (SSSR count). The van der Waals surface area contributed by atoms with E-state index >= 15 is 0 Å². The molecule has 39 heavy (non-hydrogen) atoms. The molecule has 3 aromatic rings. The van der Waals surface area contributed by atoms with Crippen LogP contribution in [0.1, 0.15) is 0 Å². The lowest BCUT2D eigenvalue weighted by Gasteiger charge is -2.15. The molecule has 0 spiro atoms. The summed E-state index contributed by atoms with van der Waals surface area (Å²) in [5.41, 5.74) is 7.17.